The quantitative estimate of drug-likeness (QED) is 0.539. The van der Waals surface area contributed by atoms with E-state index in [0.717, 1.165) is 6.26 Å². The van der Waals surface area contributed by atoms with Gasteiger partial charge in [-0.05, 0) is 6.92 Å². The molecular formula is C7H15NO5S. The van der Waals surface area contributed by atoms with Crippen molar-refractivity contribution in [1.82, 2.24) is 0 Å². The van der Waals surface area contributed by atoms with Gasteiger partial charge in [0.25, 0.3) is 0 Å². The van der Waals surface area contributed by atoms with Crippen molar-refractivity contribution in [1.29, 1.82) is 0 Å². The fourth-order valence-electron chi connectivity index (χ4n) is 0.809. The molecule has 0 heterocycles. The first kappa shape index (κ1) is 13.3. The lowest BCUT2D eigenvalue weighted by Gasteiger charge is -2.15. The second-order valence-electron chi connectivity index (χ2n) is 2.94. The highest BCUT2D eigenvalue weighted by atomic mass is 32.2. The van der Waals surface area contributed by atoms with Gasteiger partial charge in [-0.1, -0.05) is 0 Å². The summed E-state index contributed by atoms with van der Waals surface area (Å²) in [4.78, 5) is 11.0. The van der Waals surface area contributed by atoms with Crippen molar-refractivity contribution in [3.05, 3.63) is 0 Å². The third-order valence-corrected chi connectivity index (χ3v) is 2.39. The minimum absolute atomic E-state index is 0.137. The molecule has 14 heavy (non-hydrogen) atoms. The molecule has 0 saturated carbocycles. The Bertz CT molecular complexity index is 286. The van der Waals surface area contributed by atoms with Crippen LogP contribution in [0.15, 0.2) is 0 Å². The first-order valence-electron chi connectivity index (χ1n) is 4.06. The molecule has 0 bridgehead atoms. The number of carbonyl (C=O) groups is 1. The lowest BCUT2D eigenvalue weighted by atomic mass is 10.2. The minimum Gasteiger partial charge on any atom is -0.465 e. The van der Waals surface area contributed by atoms with Crippen molar-refractivity contribution in [3.8, 4) is 0 Å². The number of aliphatic hydroxyl groups is 1. The van der Waals surface area contributed by atoms with Crippen molar-refractivity contribution in [2.75, 3.05) is 18.6 Å². The van der Waals surface area contributed by atoms with Gasteiger partial charge in [0.2, 0.25) is 0 Å². The largest absolute Gasteiger partial charge is 0.465 e. The lowest BCUT2D eigenvalue weighted by Crippen LogP contribution is -2.46. The van der Waals surface area contributed by atoms with Gasteiger partial charge in [-0.2, -0.15) is 0 Å². The van der Waals surface area contributed by atoms with Crippen LogP contribution in [0.1, 0.15) is 6.92 Å². The topological polar surface area (TPSA) is 107 Å². The number of hydrogen-bond donors (Lipinski definition) is 2. The van der Waals surface area contributed by atoms with Gasteiger partial charge >= 0.3 is 5.97 Å². The Hall–Kier alpha value is -0.660. The Morgan fingerprint density at radius 2 is 2.07 bits per heavy atom. The fourth-order valence-corrected chi connectivity index (χ4v) is 1.64. The first-order valence-corrected chi connectivity index (χ1v) is 6.12. The van der Waals surface area contributed by atoms with Crippen LogP contribution in [0.3, 0.4) is 0 Å². The van der Waals surface area contributed by atoms with Crippen molar-refractivity contribution in [3.63, 3.8) is 0 Å². The lowest BCUT2D eigenvalue weighted by molar-refractivity contribution is -0.147. The van der Waals surface area contributed by atoms with E-state index in [9.17, 15) is 18.3 Å². The molecule has 6 nitrogen and oxygen atoms in total. The normalized spacial score (nSPS) is 16.0. The van der Waals surface area contributed by atoms with E-state index in [1.807, 2.05) is 0 Å². The number of sulfone groups is 1. The maximum Gasteiger partial charge on any atom is 0.325 e. The van der Waals surface area contributed by atoms with Crippen LogP contribution in [0, 0.1) is 0 Å². The van der Waals surface area contributed by atoms with Crippen LogP contribution >= 0.6 is 0 Å². The third kappa shape index (κ3) is 5.15. The number of rotatable bonds is 5. The van der Waals surface area contributed by atoms with E-state index in [2.05, 4.69) is 4.74 Å². The summed E-state index contributed by atoms with van der Waals surface area (Å²) < 4.78 is 26.0. The molecule has 0 rings (SSSR count). The van der Waals surface area contributed by atoms with Gasteiger partial charge < -0.3 is 15.6 Å². The average molecular weight is 225 g/mol. The van der Waals surface area contributed by atoms with Crippen LogP contribution in [0.25, 0.3) is 0 Å². The summed E-state index contributed by atoms with van der Waals surface area (Å²) in [6, 6.07) is -1.32. The van der Waals surface area contributed by atoms with Crippen molar-refractivity contribution >= 4 is 15.8 Å². The van der Waals surface area contributed by atoms with Crippen molar-refractivity contribution in [2.24, 2.45) is 5.73 Å². The van der Waals surface area contributed by atoms with E-state index >= 15 is 0 Å². The monoisotopic (exact) mass is 225 g/mol. The van der Waals surface area contributed by atoms with Gasteiger partial charge in [-0.3, -0.25) is 4.79 Å². The van der Waals surface area contributed by atoms with E-state index in [0.29, 0.717) is 0 Å². The number of aliphatic hydroxyl groups excluding tert-OH is 1. The maximum atomic E-state index is 11.0. The van der Waals surface area contributed by atoms with Crippen LogP contribution in [0.4, 0.5) is 0 Å². The standard InChI is InChI=1S/C7H15NO5S/c1-3-13-7(10)6(8)5(9)4-14(2,11)12/h5-6,9H,3-4,8H2,1-2H3. The van der Waals surface area contributed by atoms with Crippen LogP contribution in [-0.2, 0) is 19.4 Å². The summed E-state index contributed by atoms with van der Waals surface area (Å²) >= 11 is 0. The maximum absolute atomic E-state index is 11.0. The van der Waals surface area contributed by atoms with Crippen LogP contribution in [0.5, 0.6) is 0 Å². The van der Waals surface area contributed by atoms with Crippen LogP contribution in [0.2, 0.25) is 0 Å². The zero-order valence-corrected chi connectivity index (χ0v) is 8.95. The van der Waals surface area contributed by atoms with E-state index in [4.69, 9.17) is 5.73 Å². The van der Waals surface area contributed by atoms with E-state index in [-0.39, 0.29) is 6.61 Å². The molecular weight excluding hydrogens is 210 g/mol. The van der Waals surface area contributed by atoms with E-state index in [1.165, 1.54) is 0 Å². The molecule has 0 aromatic rings. The van der Waals surface area contributed by atoms with E-state index < -0.39 is 33.7 Å². The Morgan fingerprint density at radius 1 is 1.57 bits per heavy atom. The average Bonchev–Trinajstić information content (AvgIpc) is 2.00. The second kappa shape index (κ2) is 5.28. The summed E-state index contributed by atoms with van der Waals surface area (Å²) in [6.45, 7) is 1.73. The Labute approximate surface area is 83.0 Å². The molecule has 0 aliphatic heterocycles. The summed E-state index contributed by atoms with van der Waals surface area (Å²) in [7, 11) is -3.35. The molecule has 0 aromatic heterocycles. The van der Waals surface area contributed by atoms with Crippen LogP contribution in [-0.4, -0.2) is 50.3 Å². The molecule has 0 aliphatic rings. The van der Waals surface area contributed by atoms with Gasteiger partial charge in [0.15, 0.2) is 0 Å². The molecule has 0 radical (unpaired) electrons. The first-order chi connectivity index (χ1) is 6.28. The fraction of sp³-hybridized carbons (Fsp3) is 0.857. The Morgan fingerprint density at radius 3 is 2.43 bits per heavy atom. The number of carbonyl (C=O) groups excluding carboxylic acids is 1. The highest BCUT2D eigenvalue weighted by Gasteiger charge is 2.26. The molecule has 7 heteroatoms. The molecule has 2 unspecified atom stereocenters. The van der Waals surface area contributed by atoms with Crippen molar-refractivity contribution < 1.29 is 23.1 Å². The molecule has 0 amide bonds. The predicted molar refractivity (Wildman–Crippen MR) is 50.3 cm³/mol. The summed E-state index contributed by atoms with van der Waals surface area (Å²) in [5.41, 5.74) is 5.26. The van der Waals surface area contributed by atoms with Crippen LogP contribution < -0.4 is 5.73 Å². The number of esters is 1. The Balaban J connectivity index is 4.25. The zero-order valence-electron chi connectivity index (χ0n) is 8.13. The molecule has 84 valence electrons. The van der Waals surface area contributed by atoms with Crippen molar-refractivity contribution in [2.45, 2.75) is 19.1 Å². The molecule has 0 fully saturated rings. The summed E-state index contributed by atoms with van der Waals surface area (Å²) in [6.07, 6.45) is -0.474. The smallest absolute Gasteiger partial charge is 0.325 e. The highest BCUT2D eigenvalue weighted by Crippen LogP contribution is 1.98. The molecule has 0 spiro atoms. The third-order valence-electron chi connectivity index (χ3n) is 1.45. The van der Waals surface area contributed by atoms with Gasteiger partial charge in [-0.15, -0.1) is 0 Å². The van der Waals surface area contributed by atoms with Gasteiger partial charge in [0.1, 0.15) is 15.9 Å². The highest BCUT2D eigenvalue weighted by molar-refractivity contribution is 7.90. The van der Waals surface area contributed by atoms with Gasteiger partial charge in [0.05, 0.1) is 18.5 Å². The molecule has 0 aliphatic carbocycles. The molecule has 3 N–H and O–H groups in total. The summed E-state index contributed by atoms with van der Waals surface area (Å²) in [5.74, 6) is -1.35. The second-order valence-corrected chi connectivity index (χ2v) is 5.12. The molecule has 0 aromatic carbocycles. The van der Waals surface area contributed by atoms with E-state index in [1.54, 1.807) is 6.92 Å². The number of nitrogens with two attached hydrogens (primary N) is 1. The summed E-state index contributed by atoms with van der Waals surface area (Å²) in [5, 5.41) is 9.25. The number of ether oxygens (including phenoxy) is 1. The molecule has 0 saturated heterocycles. The zero-order chi connectivity index (χ0) is 11.4. The van der Waals surface area contributed by atoms with Gasteiger partial charge in [-0.25, -0.2) is 8.42 Å². The SMILES string of the molecule is CCOC(=O)C(N)C(O)CS(C)(=O)=O. The molecule has 2 atom stereocenters. The number of hydrogen-bond acceptors (Lipinski definition) is 6. The Kier molecular flexibility index (Phi) is 5.03. The minimum atomic E-state index is -3.35. The van der Waals surface area contributed by atoms with Gasteiger partial charge in [0, 0.05) is 6.26 Å². The predicted octanol–water partition coefficient (Wildman–Crippen LogP) is -1.72.